The van der Waals surface area contributed by atoms with E-state index in [1.807, 2.05) is 0 Å². The van der Waals surface area contributed by atoms with Gasteiger partial charge in [-0.25, -0.2) is 0 Å². The van der Waals surface area contributed by atoms with Gasteiger partial charge in [-0.15, -0.1) is 0 Å². The minimum atomic E-state index is -0.927. The normalized spacial score (nSPS) is 13.9. The van der Waals surface area contributed by atoms with E-state index in [1.54, 1.807) is 0 Å². The van der Waals surface area contributed by atoms with Crippen molar-refractivity contribution in [3.63, 3.8) is 0 Å². The number of nitro groups is 2. The molecule has 2 unspecified atom stereocenters. The molecule has 0 fully saturated rings. The molecule has 2 atom stereocenters. The predicted octanol–water partition coefficient (Wildman–Crippen LogP) is 0.978. The lowest BCUT2D eigenvalue weighted by atomic mass is 10.2. The first-order chi connectivity index (χ1) is 7.25. The van der Waals surface area contributed by atoms with Crippen molar-refractivity contribution in [2.24, 2.45) is 0 Å². The van der Waals surface area contributed by atoms with E-state index in [1.165, 1.54) is 13.8 Å². The summed E-state index contributed by atoms with van der Waals surface area (Å²) in [5.74, 6) is 0. The van der Waals surface area contributed by atoms with Crippen molar-refractivity contribution in [2.45, 2.75) is 25.9 Å². The van der Waals surface area contributed by atoms with Gasteiger partial charge in [0.2, 0.25) is 13.1 Å². The number of amides is 1. The number of carbonyl (C=O) groups excluding carboxylic acids is 1. The molecule has 0 aromatic rings. The molecule has 0 bridgehead atoms. The highest BCUT2D eigenvalue weighted by molar-refractivity contribution is 6.62. The fraction of sp³-hybridized carbons (Fsp3) is 0.857. The highest BCUT2D eigenvalue weighted by Crippen LogP contribution is 2.10. The van der Waals surface area contributed by atoms with Gasteiger partial charge in [0.15, 0.2) is 0 Å². The lowest BCUT2D eigenvalue weighted by Crippen LogP contribution is -2.47. The Bertz CT molecular complexity index is 276. The topological polar surface area (TPSA) is 107 Å². The molecule has 8 nitrogen and oxygen atoms in total. The van der Waals surface area contributed by atoms with Crippen molar-refractivity contribution in [3.8, 4) is 0 Å². The van der Waals surface area contributed by atoms with Crippen LogP contribution in [0, 0.1) is 20.2 Å². The molecule has 0 radical (unpaired) electrons. The monoisotopic (exact) mass is 253 g/mol. The number of rotatable bonds is 6. The van der Waals surface area contributed by atoms with Crippen LogP contribution in [0.25, 0.3) is 0 Å². The number of hydrogen-bond donors (Lipinski definition) is 0. The molecule has 0 aromatic heterocycles. The zero-order valence-electron chi connectivity index (χ0n) is 8.83. The third-order valence-electron chi connectivity index (χ3n) is 1.98. The smallest absolute Gasteiger partial charge is 0.311 e. The Balaban J connectivity index is 4.65. The first kappa shape index (κ1) is 14.6. The number of nitrogens with zero attached hydrogens (tertiary/aromatic N) is 3. The summed E-state index contributed by atoms with van der Waals surface area (Å²) in [7, 11) is 0. The van der Waals surface area contributed by atoms with Crippen molar-refractivity contribution >= 4 is 17.0 Å². The molecule has 0 N–H and O–H groups in total. The molecular formula is C7H12ClN3O5. The molecule has 0 spiro atoms. The van der Waals surface area contributed by atoms with Crippen molar-refractivity contribution in [3.05, 3.63) is 20.2 Å². The van der Waals surface area contributed by atoms with E-state index in [4.69, 9.17) is 11.6 Å². The molecule has 0 saturated heterocycles. The average Bonchev–Trinajstić information content (AvgIpc) is 1.98. The lowest BCUT2D eigenvalue weighted by molar-refractivity contribution is -0.493. The zero-order valence-corrected chi connectivity index (χ0v) is 9.59. The Kier molecular flexibility index (Phi) is 5.65. The maximum atomic E-state index is 11.0. The van der Waals surface area contributed by atoms with Crippen LogP contribution < -0.4 is 0 Å². The summed E-state index contributed by atoms with van der Waals surface area (Å²) in [6.07, 6.45) is 0. The minimum Gasteiger partial charge on any atom is -0.311 e. The first-order valence-electron chi connectivity index (χ1n) is 4.47. The van der Waals surface area contributed by atoms with Crippen molar-refractivity contribution in [2.75, 3.05) is 13.1 Å². The predicted molar refractivity (Wildman–Crippen MR) is 55.7 cm³/mol. The van der Waals surface area contributed by atoms with E-state index in [9.17, 15) is 25.0 Å². The molecule has 0 rings (SSSR count). The summed E-state index contributed by atoms with van der Waals surface area (Å²) in [6.45, 7) is 1.83. The maximum Gasteiger partial charge on any atom is 0.317 e. The molecule has 0 heterocycles. The molecular weight excluding hydrogens is 242 g/mol. The number of halogens is 1. The van der Waals surface area contributed by atoms with E-state index >= 15 is 0 Å². The highest BCUT2D eigenvalue weighted by Gasteiger charge is 2.30. The van der Waals surface area contributed by atoms with Gasteiger partial charge in [0.1, 0.15) is 0 Å². The van der Waals surface area contributed by atoms with Crippen molar-refractivity contribution in [1.82, 2.24) is 4.90 Å². The third kappa shape index (κ3) is 4.87. The van der Waals surface area contributed by atoms with Crippen molar-refractivity contribution < 1.29 is 14.6 Å². The Morgan fingerprint density at radius 1 is 1.19 bits per heavy atom. The van der Waals surface area contributed by atoms with Crippen LogP contribution in [0.4, 0.5) is 4.79 Å². The van der Waals surface area contributed by atoms with Crippen LogP contribution in [0.5, 0.6) is 0 Å². The SMILES string of the molecule is CC(C[N+](=O)[O-])N(C(=O)Cl)C(C)C[N+](=O)[O-]. The van der Waals surface area contributed by atoms with E-state index in [0.29, 0.717) is 0 Å². The second-order valence-electron chi connectivity index (χ2n) is 3.39. The quantitative estimate of drug-likeness (QED) is 0.303. The molecule has 0 saturated carbocycles. The van der Waals surface area contributed by atoms with Gasteiger partial charge in [-0.2, -0.15) is 0 Å². The van der Waals surface area contributed by atoms with E-state index in [0.717, 1.165) is 4.90 Å². The molecule has 0 aliphatic rings. The highest BCUT2D eigenvalue weighted by atomic mass is 35.5. The summed E-state index contributed by atoms with van der Waals surface area (Å²) >= 11 is 5.24. The molecule has 0 aromatic carbocycles. The van der Waals surface area contributed by atoms with Gasteiger partial charge >= 0.3 is 5.37 Å². The Hall–Kier alpha value is -1.44. The van der Waals surface area contributed by atoms with Gasteiger partial charge < -0.3 is 4.90 Å². The fourth-order valence-corrected chi connectivity index (χ4v) is 1.72. The molecule has 1 amide bonds. The Labute approximate surface area is 96.5 Å². The van der Waals surface area contributed by atoms with Gasteiger partial charge in [-0.1, -0.05) is 0 Å². The number of hydrogen-bond acceptors (Lipinski definition) is 5. The van der Waals surface area contributed by atoms with E-state index < -0.39 is 40.4 Å². The molecule has 9 heteroatoms. The van der Waals surface area contributed by atoms with Gasteiger partial charge in [0.25, 0.3) is 0 Å². The first-order valence-corrected chi connectivity index (χ1v) is 4.85. The molecule has 16 heavy (non-hydrogen) atoms. The number of carbonyl (C=O) groups is 1. The summed E-state index contributed by atoms with van der Waals surface area (Å²) < 4.78 is 0. The maximum absolute atomic E-state index is 11.0. The molecule has 0 aliphatic carbocycles. The second kappa shape index (κ2) is 6.21. The Morgan fingerprint density at radius 2 is 1.50 bits per heavy atom. The van der Waals surface area contributed by atoms with Gasteiger partial charge in [-0.3, -0.25) is 25.0 Å². The van der Waals surface area contributed by atoms with Crippen LogP contribution in [0.15, 0.2) is 0 Å². The van der Waals surface area contributed by atoms with E-state index in [-0.39, 0.29) is 0 Å². The van der Waals surface area contributed by atoms with Crippen LogP contribution in [0.1, 0.15) is 13.8 Å². The van der Waals surface area contributed by atoms with Crippen molar-refractivity contribution in [1.29, 1.82) is 0 Å². The van der Waals surface area contributed by atoms with Crippen LogP contribution in [0.2, 0.25) is 0 Å². The van der Waals surface area contributed by atoms with E-state index in [2.05, 4.69) is 0 Å². The summed E-state index contributed by atoms with van der Waals surface area (Å²) in [4.78, 5) is 31.3. The fourth-order valence-electron chi connectivity index (χ4n) is 1.39. The summed E-state index contributed by atoms with van der Waals surface area (Å²) in [6, 6.07) is -1.56. The minimum absolute atomic E-state index is 0.499. The van der Waals surface area contributed by atoms with Crippen LogP contribution in [-0.4, -0.2) is 45.3 Å². The van der Waals surface area contributed by atoms with Crippen LogP contribution in [-0.2, 0) is 0 Å². The average molecular weight is 254 g/mol. The van der Waals surface area contributed by atoms with Crippen LogP contribution >= 0.6 is 11.6 Å². The van der Waals surface area contributed by atoms with Gasteiger partial charge in [-0.05, 0) is 25.4 Å². The standard InChI is InChI=1S/C7H12ClN3O5/c1-5(3-9(13)14)11(7(8)12)6(2)4-10(15)16/h5-6H,3-4H2,1-2H3. The Morgan fingerprint density at radius 3 is 1.69 bits per heavy atom. The molecule has 92 valence electrons. The van der Waals surface area contributed by atoms with Gasteiger partial charge in [0, 0.05) is 9.85 Å². The zero-order chi connectivity index (χ0) is 12.9. The largest absolute Gasteiger partial charge is 0.317 e. The third-order valence-corrected chi connectivity index (χ3v) is 2.17. The van der Waals surface area contributed by atoms with Gasteiger partial charge in [0.05, 0.1) is 12.1 Å². The lowest BCUT2D eigenvalue weighted by Gasteiger charge is -2.28. The second-order valence-corrected chi connectivity index (χ2v) is 3.71. The van der Waals surface area contributed by atoms with Crippen LogP contribution in [0.3, 0.4) is 0 Å². The summed E-state index contributed by atoms with van der Waals surface area (Å²) in [5, 5.41) is 19.6. The summed E-state index contributed by atoms with van der Waals surface area (Å²) in [5.41, 5.74) is 0. The molecule has 0 aliphatic heterocycles.